The van der Waals surface area contributed by atoms with Gasteiger partial charge in [0.25, 0.3) is 5.91 Å². The summed E-state index contributed by atoms with van der Waals surface area (Å²) >= 11 is 6.18. The van der Waals surface area contributed by atoms with Crippen LogP contribution in [0.3, 0.4) is 0 Å². The highest BCUT2D eigenvalue weighted by molar-refractivity contribution is 6.31. The molecule has 1 unspecified atom stereocenters. The van der Waals surface area contributed by atoms with Crippen molar-refractivity contribution in [2.24, 2.45) is 0 Å². The third-order valence-corrected chi connectivity index (χ3v) is 7.17. The predicted molar refractivity (Wildman–Crippen MR) is 149 cm³/mol. The van der Waals surface area contributed by atoms with Gasteiger partial charge >= 0.3 is 0 Å². The van der Waals surface area contributed by atoms with Crippen LogP contribution in [0, 0.1) is 5.82 Å². The van der Waals surface area contributed by atoms with Crippen LogP contribution < -0.4 is 14.9 Å². The van der Waals surface area contributed by atoms with Crippen molar-refractivity contribution in [1.29, 1.82) is 0 Å². The molecule has 0 bridgehead atoms. The van der Waals surface area contributed by atoms with Crippen LogP contribution in [0.5, 0.6) is 11.5 Å². The maximum Gasteiger partial charge on any atom is 0.291 e. The summed E-state index contributed by atoms with van der Waals surface area (Å²) in [5.74, 6) is 0.107. The van der Waals surface area contributed by atoms with Crippen molar-refractivity contribution < 1.29 is 23.1 Å². The lowest BCUT2D eigenvalue weighted by molar-refractivity contribution is 0.0714. The highest BCUT2D eigenvalue weighted by atomic mass is 35.5. The summed E-state index contributed by atoms with van der Waals surface area (Å²) in [6, 6.07) is 24.9. The number of methoxy groups -OCH3 is 1. The van der Waals surface area contributed by atoms with Gasteiger partial charge in [0.2, 0.25) is 5.76 Å². The number of halogens is 2. The first kappa shape index (κ1) is 25.6. The van der Waals surface area contributed by atoms with Crippen LogP contribution in [0.25, 0.3) is 11.0 Å². The maximum absolute atomic E-state index is 13.8. The highest BCUT2D eigenvalue weighted by Gasteiger charge is 2.43. The van der Waals surface area contributed by atoms with E-state index in [4.69, 9.17) is 25.5 Å². The van der Waals surface area contributed by atoms with E-state index in [2.05, 4.69) is 0 Å². The fourth-order valence-electron chi connectivity index (χ4n) is 5.00. The van der Waals surface area contributed by atoms with Crippen LogP contribution in [0.15, 0.2) is 100 Å². The van der Waals surface area contributed by atoms with Gasteiger partial charge in [-0.2, -0.15) is 0 Å². The Morgan fingerprint density at radius 1 is 0.900 bits per heavy atom. The Morgan fingerprint density at radius 3 is 2.42 bits per heavy atom. The van der Waals surface area contributed by atoms with E-state index >= 15 is 0 Å². The summed E-state index contributed by atoms with van der Waals surface area (Å²) in [7, 11) is 1.53. The molecule has 2 heterocycles. The number of hydrogen-bond acceptors (Lipinski definition) is 5. The molecule has 0 saturated carbocycles. The van der Waals surface area contributed by atoms with Crippen molar-refractivity contribution in [2.45, 2.75) is 19.2 Å². The van der Waals surface area contributed by atoms with Gasteiger partial charge in [-0.1, -0.05) is 60.1 Å². The van der Waals surface area contributed by atoms with E-state index in [9.17, 15) is 14.0 Å². The fraction of sp³-hybridized carbons (Fsp3) is 0.125. The number of nitrogens with zero attached hydrogens (tertiary/aromatic N) is 1. The first-order valence-corrected chi connectivity index (χ1v) is 13.0. The molecule has 6 nitrogen and oxygen atoms in total. The Hall–Kier alpha value is -4.62. The number of amides is 1. The van der Waals surface area contributed by atoms with Gasteiger partial charge in [0, 0.05) is 11.6 Å². The topological polar surface area (TPSA) is 69.0 Å². The van der Waals surface area contributed by atoms with Crippen molar-refractivity contribution in [3.63, 3.8) is 0 Å². The molecule has 0 radical (unpaired) electrons. The van der Waals surface area contributed by atoms with Crippen LogP contribution in [-0.4, -0.2) is 17.9 Å². The Kier molecular flexibility index (Phi) is 6.74. The number of benzene rings is 4. The first-order valence-electron chi connectivity index (χ1n) is 12.6. The van der Waals surface area contributed by atoms with Crippen LogP contribution in [0.4, 0.5) is 4.39 Å². The van der Waals surface area contributed by atoms with Crippen LogP contribution >= 0.6 is 11.6 Å². The lowest BCUT2D eigenvalue weighted by Crippen LogP contribution is -2.29. The predicted octanol–water partition coefficient (Wildman–Crippen LogP) is 6.92. The summed E-state index contributed by atoms with van der Waals surface area (Å²) in [6.07, 6.45) is 0. The second-order valence-corrected chi connectivity index (χ2v) is 9.90. The Balaban J connectivity index is 1.45. The van der Waals surface area contributed by atoms with E-state index in [1.54, 1.807) is 47.4 Å². The molecule has 6 rings (SSSR count). The van der Waals surface area contributed by atoms with Gasteiger partial charge < -0.3 is 18.8 Å². The Bertz CT molecular complexity index is 1790. The molecule has 1 atom stereocenters. The van der Waals surface area contributed by atoms with Gasteiger partial charge in [-0.3, -0.25) is 9.59 Å². The Morgan fingerprint density at radius 2 is 1.68 bits per heavy atom. The smallest absolute Gasteiger partial charge is 0.291 e. The van der Waals surface area contributed by atoms with Crippen LogP contribution in [0.1, 0.15) is 38.9 Å². The molecule has 5 aromatic rings. The van der Waals surface area contributed by atoms with Crippen molar-refractivity contribution in [3.05, 3.63) is 140 Å². The van der Waals surface area contributed by atoms with Gasteiger partial charge in [-0.05, 0) is 59.2 Å². The molecule has 200 valence electrons. The summed E-state index contributed by atoms with van der Waals surface area (Å²) in [6.45, 7) is 0.466. The van der Waals surface area contributed by atoms with E-state index in [0.717, 1.165) is 5.56 Å². The van der Waals surface area contributed by atoms with Crippen molar-refractivity contribution in [1.82, 2.24) is 4.90 Å². The molecule has 0 spiro atoms. The molecule has 0 fully saturated rings. The van der Waals surface area contributed by atoms with Crippen LogP contribution in [-0.2, 0) is 13.2 Å². The number of carbonyl (C=O) groups is 1. The molecule has 0 saturated heterocycles. The zero-order valence-corrected chi connectivity index (χ0v) is 22.2. The van der Waals surface area contributed by atoms with Gasteiger partial charge in [-0.15, -0.1) is 0 Å². The second-order valence-electron chi connectivity index (χ2n) is 9.46. The normalized spacial score (nSPS) is 14.4. The monoisotopic (exact) mass is 555 g/mol. The van der Waals surface area contributed by atoms with E-state index in [-0.39, 0.29) is 40.1 Å². The molecular weight excluding hydrogens is 533 g/mol. The minimum atomic E-state index is -0.788. The zero-order chi connectivity index (χ0) is 27.8. The Labute approximate surface area is 234 Å². The number of fused-ring (bicyclic) bond motifs is 2. The fourth-order valence-corrected chi connectivity index (χ4v) is 5.17. The van der Waals surface area contributed by atoms with E-state index in [0.29, 0.717) is 34.3 Å². The minimum Gasteiger partial charge on any atom is -0.493 e. The van der Waals surface area contributed by atoms with E-state index in [1.807, 2.05) is 30.3 Å². The molecule has 4 aromatic carbocycles. The molecule has 8 heteroatoms. The quantitative estimate of drug-likeness (QED) is 0.218. The number of carbonyl (C=O) groups excluding carboxylic acids is 1. The van der Waals surface area contributed by atoms with Crippen LogP contribution in [0.2, 0.25) is 5.02 Å². The minimum absolute atomic E-state index is 0.0321. The third kappa shape index (κ3) is 4.69. The van der Waals surface area contributed by atoms with Gasteiger partial charge in [0.1, 0.15) is 18.0 Å². The summed E-state index contributed by atoms with van der Waals surface area (Å²) in [5, 5.41) is 0.660. The SMILES string of the molecule is COc1cc(C2c3c(oc4ccc(Cl)cc4c3=O)C(=O)N2Cc2ccc(F)cc2)ccc1OCc1ccccc1. The molecule has 0 N–H and O–H groups in total. The molecule has 1 aliphatic heterocycles. The molecule has 0 aliphatic carbocycles. The summed E-state index contributed by atoms with van der Waals surface area (Å²) in [5.41, 5.74) is 2.46. The number of rotatable bonds is 7. The standard InChI is InChI=1S/C32H23ClFNO5/c1-38-27-15-21(9-13-26(27)39-18-20-5-3-2-4-6-20)29-28-30(36)24-16-22(33)10-14-25(24)40-31(28)32(37)35(29)17-19-7-11-23(34)12-8-19/h2-16,29H,17-18H2,1H3. The molecule has 1 aliphatic rings. The van der Waals surface area contributed by atoms with Gasteiger partial charge in [0.15, 0.2) is 16.9 Å². The van der Waals surface area contributed by atoms with Crippen molar-refractivity contribution in [2.75, 3.05) is 7.11 Å². The largest absolute Gasteiger partial charge is 0.493 e. The number of hydrogen-bond donors (Lipinski definition) is 0. The van der Waals surface area contributed by atoms with Gasteiger partial charge in [-0.25, -0.2) is 4.39 Å². The van der Waals surface area contributed by atoms with E-state index in [1.165, 1.54) is 25.3 Å². The van der Waals surface area contributed by atoms with Crippen molar-refractivity contribution >= 4 is 28.5 Å². The molecule has 1 amide bonds. The van der Waals surface area contributed by atoms with Gasteiger partial charge in [0.05, 0.1) is 24.1 Å². The lowest BCUT2D eigenvalue weighted by Gasteiger charge is -2.26. The molecule has 40 heavy (non-hydrogen) atoms. The average Bonchev–Trinajstić information content (AvgIpc) is 3.25. The second kappa shape index (κ2) is 10.5. The van der Waals surface area contributed by atoms with Crippen molar-refractivity contribution in [3.8, 4) is 11.5 Å². The average molecular weight is 556 g/mol. The van der Waals surface area contributed by atoms with E-state index < -0.39 is 11.9 Å². The highest BCUT2D eigenvalue weighted by Crippen LogP contribution is 2.42. The lowest BCUT2D eigenvalue weighted by atomic mass is 9.97. The third-order valence-electron chi connectivity index (χ3n) is 6.93. The number of ether oxygens (including phenoxy) is 2. The maximum atomic E-state index is 13.8. The summed E-state index contributed by atoms with van der Waals surface area (Å²) < 4.78 is 31.2. The zero-order valence-electron chi connectivity index (χ0n) is 21.4. The molecular formula is C32H23ClFNO5. The molecule has 1 aromatic heterocycles. The summed E-state index contributed by atoms with van der Waals surface area (Å²) in [4.78, 5) is 29.1. The first-order chi connectivity index (χ1) is 19.4.